The van der Waals surface area contributed by atoms with Gasteiger partial charge in [0.15, 0.2) is 5.13 Å². The number of hydrogen-bond acceptors (Lipinski definition) is 3. The molecule has 2 rings (SSSR count). The zero-order valence-electron chi connectivity index (χ0n) is 9.48. The maximum absolute atomic E-state index is 12.0. The minimum Gasteiger partial charge on any atom is -0.322 e. The lowest BCUT2D eigenvalue weighted by Gasteiger charge is -2.34. The van der Waals surface area contributed by atoms with Crippen LogP contribution >= 0.6 is 11.3 Å². The van der Waals surface area contributed by atoms with Gasteiger partial charge in [-0.3, -0.25) is 5.32 Å². The first-order valence-corrected chi connectivity index (χ1v) is 6.66. The Labute approximate surface area is 99.7 Å². The fraction of sp³-hybridized carbons (Fsp3) is 0.636. The third-order valence-electron chi connectivity index (χ3n) is 3.01. The first kappa shape index (κ1) is 11.4. The minimum atomic E-state index is 0.00139. The molecule has 1 aliphatic heterocycles. The normalized spacial score (nSPS) is 20.8. The molecule has 1 atom stereocenters. The molecule has 5 heteroatoms. The average Bonchev–Trinajstić information content (AvgIpc) is 2.81. The van der Waals surface area contributed by atoms with E-state index in [2.05, 4.69) is 17.2 Å². The van der Waals surface area contributed by atoms with Gasteiger partial charge in [-0.1, -0.05) is 6.92 Å². The van der Waals surface area contributed by atoms with Gasteiger partial charge >= 0.3 is 6.03 Å². The molecule has 1 N–H and O–H groups in total. The first-order valence-electron chi connectivity index (χ1n) is 5.78. The minimum absolute atomic E-state index is 0.00139. The number of carbonyl (C=O) groups excluding carboxylic acids is 1. The van der Waals surface area contributed by atoms with Crippen LogP contribution < -0.4 is 5.32 Å². The quantitative estimate of drug-likeness (QED) is 0.862. The van der Waals surface area contributed by atoms with Crippen LogP contribution in [0, 0.1) is 0 Å². The highest BCUT2D eigenvalue weighted by Gasteiger charge is 2.25. The number of amides is 2. The number of aromatic nitrogens is 1. The molecule has 0 bridgehead atoms. The van der Waals surface area contributed by atoms with Gasteiger partial charge in [0.2, 0.25) is 0 Å². The summed E-state index contributed by atoms with van der Waals surface area (Å²) in [6.07, 6.45) is 6.21. The highest BCUT2D eigenvalue weighted by Crippen LogP contribution is 2.21. The van der Waals surface area contributed by atoms with Crippen molar-refractivity contribution in [3.05, 3.63) is 11.6 Å². The van der Waals surface area contributed by atoms with E-state index < -0.39 is 0 Å². The number of carbonyl (C=O) groups is 1. The third-order valence-corrected chi connectivity index (χ3v) is 3.69. The van der Waals surface area contributed by atoms with Crippen LogP contribution in [0.4, 0.5) is 9.93 Å². The van der Waals surface area contributed by atoms with E-state index in [1.807, 2.05) is 10.3 Å². The Morgan fingerprint density at radius 2 is 2.56 bits per heavy atom. The number of rotatable bonds is 2. The van der Waals surface area contributed by atoms with Crippen LogP contribution in [0.15, 0.2) is 11.6 Å². The number of anilines is 1. The molecule has 0 spiro atoms. The van der Waals surface area contributed by atoms with Gasteiger partial charge in [0.25, 0.3) is 0 Å². The molecule has 1 aromatic heterocycles. The van der Waals surface area contributed by atoms with E-state index in [0.717, 1.165) is 25.8 Å². The zero-order valence-corrected chi connectivity index (χ0v) is 10.3. The molecule has 2 heterocycles. The maximum Gasteiger partial charge on any atom is 0.323 e. The number of likely N-dealkylation sites (tertiary alicyclic amines) is 1. The van der Waals surface area contributed by atoms with Crippen molar-refractivity contribution in [2.45, 2.75) is 38.6 Å². The van der Waals surface area contributed by atoms with Crippen LogP contribution in [0.1, 0.15) is 32.6 Å². The van der Waals surface area contributed by atoms with Gasteiger partial charge in [0.1, 0.15) is 0 Å². The lowest BCUT2D eigenvalue weighted by Crippen LogP contribution is -2.45. The van der Waals surface area contributed by atoms with Crippen molar-refractivity contribution >= 4 is 22.5 Å². The molecular weight excluding hydrogens is 222 g/mol. The van der Waals surface area contributed by atoms with Gasteiger partial charge in [-0.2, -0.15) is 0 Å². The zero-order chi connectivity index (χ0) is 11.4. The van der Waals surface area contributed by atoms with Crippen molar-refractivity contribution in [2.24, 2.45) is 0 Å². The van der Waals surface area contributed by atoms with Crippen molar-refractivity contribution < 1.29 is 4.79 Å². The summed E-state index contributed by atoms with van der Waals surface area (Å²) in [6, 6.07) is 0.398. The molecule has 1 aliphatic rings. The number of urea groups is 1. The summed E-state index contributed by atoms with van der Waals surface area (Å²) in [5, 5.41) is 5.40. The van der Waals surface area contributed by atoms with E-state index in [4.69, 9.17) is 0 Å². The molecule has 0 aromatic carbocycles. The van der Waals surface area contributed by atoms with Gasteiger partial charge in [0.05, 0.1) is 0 Å². The van der Waals surface area contributed by atoms with Gasteiger partial charge in [-0.15, -0.1) is 11.3 Å². The summed E-state index contributed by atoms with van der Waals surface area (Å²) in [5.74, 6) is 0. The molecule has 1 unspecified atom stereocenters. The van der Waals surface area contributed by atoms with Crippen LogP contribution in [0.5, 0.6) is 0 Å². The smallest absolute Gasteiger partial charge is 0.322 e. The SMILES string of the molecule is CCC1CCCCN1C(=O)Nc1nccs1. The van der Waals surface area contributed by atoms with Crippen LogP contribution in [-0.4, -0.2) is 28.5 Å². The molecule has 0 radical (unpaired) electrons. The molecule has 4 nitrogen and oxygen atoms in total. The Kier molecular flexibility index (Phi) is 3.77. The second-order valence-electron chi connectivity index (χ2n) is 4.02. The molecule has 0 saturated carbocycles. The lowest BCUT2D eigenvalue weighted by atomic mass is 10.0. The molecule has 1 fully saturated rings. The second-order valence-corrected chi connectivity index (χ2v) is 4.91. The van der Waals surface area contributed by atoms with Gasteiger partial charge in [-0.25, -0.2) is 9.78 Å². The number of thiazole rings is 1. The highest BCUT2D eigenvalue weighted by molar-refractivity contribution is 7.13. The summed E-state index contributed by atoms with van der Waals surface area (Å²) in [7, 11) is 0. The molecule has 1 saturated heterocycles. The number of nitrogens with one attached hydrogen (secondary N) is 1. The molecule has 2 amide bonds. The summed E-state index contributed by atoms with van der Waals surface area (Å²) < 4.78 is 0. The second kappa shape index (κ2) is 5.30. The van der Waals surface area contributed by atoms with Gasteiger partial charge in [0, 0.05) is 24.2 Å². The molecule has 16 heavy (non-hydrogen) atoms. The highest BCUT2D eigenvalue weighted by atomic mass is 32.1. The average molecular weight is 239 g/mol. The third kappa shape index (κ3) is 2.52. The van der Waals surface area contributed by atoms with Crippen LogP contribution in [0.25, 0.3) is 0 Å². The largest absolute Gasteiger partial charge is 0.323 e. The standard InChI is InChI=1S/C11H17N3OS/c1-2-9-5-3-4-7-14(9)11(15)13-10-12-6-8-16-10/h6,8-9H,2-5,7H2,1H3,(H,12,13,15). The van der Waals surface area contributed by atoms with Crippen molar-refractivity contribution in [1.29, 1.82) is 0 Å². The van der Waals surface area contributed by atoms with Gasteiger partial charge in [-0.05, 0) is 25.7 Å². The van der Waals surface area contributed by atoms with Crippen molar-refractivity contribution in [1.82, 2.24) is 9.88 Å². The fourth-order valence-corrected chi connectivity index (χ4v) is 2.66. The fourth-order valence-electron chi connectivity index (χ4n) is 2.14. The lowest BCUT2D eigenvalue weighted by molar-refractivity contribution is 0.160. The summed E-state index contributed by atoms with van der Waals surface area (Å²) in [5.41, 5.74) is 0. The topological polar surface area (TPSA) is 45.2 Å². The predicted molar refractivity (Wildman–Crippen MR) is 65.8 cm³/mol. The van der Waals surface area contributed by atoms with E-state index in [1.54, 1.807) is 6.20 Å². The predicted octanol–water partition coefficient (Wildman–Crippen LogP) is 2.94. The molecule has 88 valence electrons. The summed E-state index contributed by atoms with van der Waals surface area (Å²) >= 11 is 1.45. The van der Waals surface area contributed by atoms with E-state index in [9.17, 15) is 4.79 Å². The Balaban J connectivity index is 1.97. The van der Waals surface area contributed by atoms with Crippen molar-refractivity contribution in [3.8, 4) is 0 Å². The Hall–Kier alpha value is -1.10. The van der Waals surface area contributed by atoms with Crippen molar-refractivity contribution in [3.63, 3.8) is 0 Å². The Morgan fingerprint density at radius 1 is 1.69 bits per heavy atom. The molecule has 0 aliphatic carbocycles. The Bertz CT molecular complexity index is 339. The van der Waals surface area contributed by atoms with Gasteiger partial charge < -0.3 is 4.90 Å². The maximum atomic E-state index is 12.0. The summed E-state index contributed by atoms with van der Waals surface area (Å²) in [4.78, 5) is 18.0. The van der Waals surface area contributed by atoms with E-state index >= 15 is 0 Å². The molecule has 1 aromatic rings. The Morgan fingerprint density at radius 3 is 3.25 bits per heavy atom. The van der Waals surface area contributed by atoms with E-state index in [1.165, 1.54) is 17.8 Å². The van der Waals surface area contributed by atoms with E-state index in [0.29, 0.717) is 11.2 Å². The number of piperidine rings is 1. The van der Waals surface area contributed by atoms with E-state index in [-0.39, 0.29) is 6.03 Å². The van der Waals surface area contributed by atoms with Crippen LogP contribution in [-0.2, 0) is 0 Å². The molecular formula is C11H17N3OS. The van der Waals surface area contributed by atoms with Crippen molar-refractivity contribution in [2.75, 3.05) is 11.9 Å². The van der Waals surface area contributed by atoms with Crippen LogP contribution in [0.2, 0.25) is 0 Å². The number of hydrogen-bond donors (Lipinski definition) is 1. The van der Waals surface area contributed by atoms with Crippen LogP contribution in [0.3, 0.4) is 0 Å². The first-order chi connectivity index (χ1) is 7.81. The monoisotopic (exact) mass is 239 g/mol. The number of nitrogens with zero attached hydrogens (tertiary/aromatic N) is 2. The summed E-state index contributed by atoms with van der Waals surface area (Å²) in [6.45, 7) is 3.01.